The van der Waals surface area contributed by atoms with Crippen molar-refractivity contribution in [3.63, 3.8) is 0 Å². The van der Waals surface area contributed by atoms with E-state index in [-0.39, 0.29) is 18.1 Å². The molecule has 3 rings (SSSR count). The van der Waals surface area contributed by atoms with E-state index in [0.717, 1.165) is 17.4 Å². The number of hydrogen-bond donors (Lipinski definition) is 3. The molecule has 3 aromatic rings. The van der Waals surface area contributed by atoms with Gasteiger partial charge in [-0.25, -0.2) is 13.8 Å². The van der Waals surface area contributed by atoms with Crippen molar-refractivity contribution in [1.82, 2.24) is 15.3 Å². The molecule has 0 fully saturated rings. The maximum absolute atomic E-state index is 13.6. The fourth-order valence-corrected chi connectivity index (χ4v) is 3.30. The molecule has 3 N–H and O–H groups in total. The highest BCUT2D eigenvalue weighted by Crippen LogP contribution is 2.16. The van der Waals surface area contributed by atoms with Crippen LogP contribution < -0.4 is 15.4 Å². The van der Waals surface area contributed by atoms with Crippen LogP contribution in [0.4, 0.5) is 14.6 Å². The van der Waals surface area contributed by atoms with Crippen LogP contribution in [0.15, 0.2) is 54.9 Å². The topological polar surface area (TPSA) is 79.3 Å². The Bertz CT molecular complexity index is 988. The minimum Gasteiger partial charge on any atom is -0.497 e. The van der Waals surface area contributed by atoms with Gasteiger partial charge in [-0.05, 0) is 41.8 Å². The molecular weight excluding hydrogens is 426 g/mol. The number of halogens is 3. The van der Waals surface area contributed by atoms with E-state index in [1.54, 1.807) is 7.11 Å². The minimum atomic E-state index is -0.905. The van der Waals surface area contributed by atoms with Gasteiger partial charge < -0.3 is 20.5 Å². The number of nitrogens with zero attached hydrogens (tertiary/aromatic N) is 2. The Balaban J connectivity index is 1.69. The third-order valence-electron chi connectivity index (χ3n) is 4.60. The zero-order valence-corrected chi connectivity index (χ0v) is 17.6. The summed E-state index contributed by atoms with van der Waals surface area (Å²) in [7, 11) is 1.60. The Kier molecular flexibility index (Phi) is 8.11. The van der Waals surface area contributed by atoms with Gasteiger partial charge in [-0.15, -0.1) is 0 Å². The van der Waals surface area contributed by atoms with Gasteiger partial charge in [0.05, 0.1) is 31.6 Å². The van der Waals surface area contributed by atoms with Crippen LogP contribution in [0.25, 0.3) is 0 Å². The second-order valence-corrected chi connectivity index (χ2v) is 7.40. The second kappa shape index (κ2) is 11.0. The summed E-state index contributed by atoms with van der Waals surface area (Å²) in [5.74, 6) is -0.267. The number of aliphatic hydroxyl groups excluding tert-OH is 1. The van der Waals surface area contributed by atoms with Crippen molar-refractivity contribution < 1.29 is 18.6 Å². The molecule has 9 heteroatoms. The summed E-state index contributed by atoms with van der Waals surface area (Å²) >= 11 is 5.89. The molecule has 0 spiro atoms. The van der Waals surface area contributed by atoms with Crippen LogP contribution >= 0.6 is 11.6 Å². The molecule has 2 atom stereocenters. The second-order valence-electron chi connectivity index (χ2n) is 7.01. The first-order valence-electron chi connectivity index (χ1n) is 9.63. The summed E-state index contributed by atoms with van der Waals surface area (Å²) in [6, 6.07) is 10.2. The number of methoxy groups -OCH3 is 1. The first-order chi connectivity index (χ1) is 14.9. The molecule has 0 aliphatic heterocycles. The van der Waals surface area contributed by atoms with Crippen molar-refractivity contribution in [3.05, 3.63) is 82.8 Å². The Morgan fingerprint density at radius 3 is 2.58 bits per heavy atom. The predicted molar refractivity (Wildman–Crippen MR) is 115 cm³/mol. The first-order valence-corrected chi connectivity index (χ1v) is 10.0. The molecule has 0 aliphatic rings. The Morgan fingerprint density at radius 1 is 1.10 bits per heavy atom. The van der Waals surface area contributed by atoms with Gasteiger partial charge in [-0.3, -0.25) is 4.98 Å². The fraction of sp³-hybridized carbons (Fsp3) is 0.273. The Morgan fingerprint density at radius 2 is 1.87 bits per heavy atom. The van der Waals surface area contributed by atoms with E-state index < -0.39 is 23.8 Å². The van der Waals surface area contributed by atoms with Gasteiger partial charge in [0.15, 0.2) is 0 Å². The quantitative estimate of drug-likeness (QED) is 0.440. The van der Waals surface area contributed by atoms with Gasteiger partial charge in [-0.2, -0.15) is 0 Å². The summed E-state index contributed by atoms with van der Waals surface area (Å²) in [5.41, 5.74) is 1.39. The number of hydrogen-bond acceptors (Lipinski definition) is 6. The van der Waals surface area contributed by atoms with Gasteiger partial charge in [-0.1, -0.05) is 23.7 Å². The normalized spacial score (nSPS) is 12.9. The van der Waals surface area contributed by atoms with Crippen molar-refractivity contribution in [2.45, 2.75) is 25.1 Å². The third kappa shape index (κ3) is 7.13. The lowest BCUT2D eigenvalue weighted by Crippen LogP contribution is -2.42. The number of benzene rings is 2. The molecule has 2 aromatic carbocycles. The summed E-state index contributed by atoms with van der Waals surface area (Å²) in [6.45, 7) is 0.729. The number of ether oxygens (including phenoxy) is 1. The molecule has 0 saturated heterocycles. The monoisotopic (exact) mass is 448 g/mol. The molecule has 1 aromatic heterocycles. The zero-order chi connectivity index (χ0) is 22.2. The number of anilines is 1. The third-order valence-corrected chi connectivity index (χ3v) is 4.78. The molecule has 0 radical (unpaired) electrons. The fourth-order valence-electron chi connectivity index (χ4n) is 3.16. The van der Waals surface area contributed by atoms with Crippen molar-refractivity contribution in [3.8, 4) is 5.75 Å². The molecule has 0 aliphatic carbocycles. The van der Waals surface area contributed by atoms with E-state index in [1.165, 1.54) is 24.5 Å². The van der Waals surface area contributed by atoms with E-state index in [1.807, 2.05) is 24.3 Å². The van der Waals surface area contributed by atoms with Crippen LogP contribution in [-0.4, -0.2) is 40.9 Å². The van der Waals surface area contributed by atoms with Gasteiger partial charge >= 0.3 is 0 Å². The summed E-state index contributed by atoms with van der Waals surface area (Å²) in [4.78, 5) is 8.08. The molecule has 31 heavy (non-hydrogen) atoms. The lowest BCUT2D eigenvalue weighted by Gasteiger charge is -2.25. The van der Waals surface area contributed by atoms with Gasteiger partial charge in [0.1, 0.15) is 28.4 Å². The van der Waals surface area contributed by atoms with Crippen molar-refractivity contribution >= 4 is 17.4 Å². The van der Waals surface area contributed by atoms with Crippen LogP contribution in [0.2, 0.25) is 5.15 Å². The molecule has 6 nitrogen and oxygen atoms in total. The SMILES string of the molecule is COc1cccc(CNC[C@@H](O)C(Cc2cc(F)cc(F)c2)Nc2cncc(Cl)n2)c1. The van der Waals surface area contributed by atoms with Crippen LogP contribution in [0.1, 0.15) is 11.1 Å². The molecule has 0 bridgehead atoms. The van der Waals surface area contributed by atoms with E-state index in [2.05, 4.69) is 20.6 Å². The lowest BCUT2D eigenvalue weighted by atomic mass is 10.0. The van der Waals surface area contributed by atoms with E-state index in [9.17, 15) is 13.9 Å². The van der Waals surface area contributed by atoms with Crippen LogP contribution in [-0.2, 0) is 13.0 Å². The predicted octanol–water partition coefficient (Wildman–Crippen LogP) is 3.59. The van der Waals surface area contributed by atoms with Crippen molar-refractivity contribution in [2.24, 2.45) is 0 Å². The highest BCUT2D eigenvalue weighted by atomic mass is 35.5. The Hall–Kier alpha value is -2.81. The van der Waals surface area contributed by atoms with Crippen molar-refractivity contribution in [1.29, 1.82) is 0 Å². The van der Waals surface area contributed by atoms with Gasteiger partial charge in [0.2, 0.25) is 0 Å². The molecule has 0 saturated carbocycles. The molecular formula is C22H23ClF2N4O2. The van der Waals surface area contributed by atoms with Gasteiger partial charge in [0.25, 0.3) is 0 Å². The molecule has 0 amide bonds. The van der Waals surface area contributed by atoms with Crippen LogP contribution in [0, 0.1) is 11.6 Å². The maximum atomic E-state index is 13.6. The van der Waals surface area contributed by atoms with E-state index in [4.69, 9.17) is 16.3 Å². The molecule has 1 heterocycles. The largest absolute Gasteiger partial charge is 0.497 e. The number of aliphatic hydroxyl groups is 1. The number of nitrogens with one attached hydrogen (secondary N) is 2. The number of rotatable bonds is 10. The average Bonchev–Trinajstić information content (AvgIpc) is 2.72. The highest BCUT2D eigenvalue weighted by molar-refractivity contribution is 6.29. The molecule has 164 valence electrons. The van der Waals surface area contributed by atoms with E-state index in [0.29, 0.717) is 17.9 Å². The lowest BCUT2D eigenvalue weighted by molar-refractivity contribution is 0.148. The maximum Gasteiger partial charge on any atom is 0.149 e. The minimum absolute atomic E-state index is 0.158. The molecule has 1 unspecified atom stereocenters. The summed E-state index contributed by atoms with van der Waals surface area (Å²) in [5, 5.41) is 17.2. The summed E-state index contributed by atoms with van der Waals surface area (Å²) < 4.78 is 32.5. The highest BCUT2D eigenvalue weighted by Gasteiger charge is 2.21. The first kappa shape index (κ1) is 22.9. The van der Waals surface area contributed by atoms with Crippen LogP contribution in [0.5, 0.6) is 5.75 Å². The van der Waals surface area contributed by atoms with Crippen LogP contribution in [0.3, 0.4) is 0 Å². The zero-order valence-electron chi connectivity index (χ0n) is 16.9. The number of aromatic nitrogens is 2. The van der Waals surface area contributed by atoms with Crippen molar-refractivity contribution in [2.75, 3.05) is 19.0 Å². The summed E-state index contributed by atoms with van der Waals surface area (Å²) in [6.07, 6.45) is 2.10. The smallest absolute Gasteiger partial charge is 0.149 e. The van der Waals surface area contributed by atoms with Gasteiger partial charge in [0, 0.05) is 19.2 Å². The van der Waals surface area contributed by atoms with E-state index >= 15 is 0 Å². The Labute approximate surface area is 184 Å². The standard InChI is InChI=1S/C22H23ClF2N4O2/c1-31-18-4-2-3-14(7-18)10-26-11-20(30)19(28-22-13-27-12-21(23)29-22)8-15-5-16(24)9-17(25)6-15/h2-7,9,12-13,19-20,26,30H,8,10-11H2,1H3,(H,28,29)/t19?,20-/m1/s1. The average molecular weight is 449 g/mol.